The highest BCUT2D eigenvalue weighted by molar-refractivity contribution is 5.67. The smallest absolute Gasteiger partial charge is 0.409 e. The van der Waals surface area contributed by atoms with E-state index in [4.69, 9.17) is 4.74 Å². The number of likely N-dealkylation sites (tertiary alicyclic amines) is 1. The molecule has 0 spiro atoms. The molecule has 0 unspecified atom stereocenters. The number of aromatic nitrogens is 2. The fraction of sp³-hybridized carbons (Fsp3) is 0.615. The molecule has 0 aliphatic carbocycles. The third-order valence-corrected chi connectivity index (χ3v) is 3.24. The molecule has 1 aliphatic heterocycles. The molecular formula is C13H20N4O2. The maximum Gasteiger partial charge on any atom is 0.409 e. The number of aryl methyl sites for hydroxylation is 2. The largest absolute Gasteiger partial charge is 0.453 e. The fourth-order valence-electron chi connectivity index (χ4n) is 2.31. The summed E-state index contributed by atoms with van der Waals surface area (Å²) in [4.78, 5) is 21.8. The SMILES string of the molecule is COC(=O)N1CCC(Nc2nc(C)cc(C)n2)CC1. The van der Waals surface area contributed by atoms with Crippen molar-refractivity contribution in [3.63, 3.8) is 0 Å². The van der Waals surface area contributed by atoms with Crippen molar-refractivity contribution in [1.29, 1.82) is 0 Å². The summed E-state index contributed by atoms with van der Waals surface area (Å²) in [5.41, 5.74) is 1.92. The van der Waals surface area contributed by atoms with E-state index >= 15 is 0 Å². The topological polar surface area (TPSA) is 67.3 Å². The molecule has 1 fully saturated rings. The third kappa shape index (κ3) is 3.56. The van der Waals surface area contributed by atoms with E-state index in [0.717, 1.165) is 24.2 Å². The van der Waals surface area contributed by atoms with Gasteiger partial charge in [0.2, 0.25) is 5.95 Å². The number of hydrogen-bond donors (Lipinski definition) is 1. The molecule has 19 heavy (non-hydrogen) atoms. The molecule has 0 aromatic carbocycles. The van der Waals surface area contributed by atoms with Gasteiger partial charge in [-0.15, -0.1) is 0 Å². The average Bonchev–Trinajstić information content (AvgIpc) is 2.37. The van der Waals surface area contributed by atoms with Crippen LogP contribution in [0.15, 0.2) is 6.07 Å². The van der Waals surface area contributed by atoms with Crippen LogP contribution in [-0.4, -0.2) is 47.2 Å². The molecule has 0 saturated carbocycles. The molecule has 2 rings (SSSR count). The summed E-state index contributed by atoms with van der Waals surface area (Å²) >= 11 is 0. The van der Waals surface area contributed by atoms with Crippen LogP contribution in [0.5, 0.6) is 0 Å². The molecule has 1 aromatic heterocycles. The van der Waals surface area contributed by atoms with Gasteiger partial charge in [0.25, 0.3) is 0 Å². The Hall–Kier alpha value is -1.85. The van der Waals surface area contributed by atoms with Gasteiger partial charge >= 0.3 is 6.09 Å². The van der Waals surface area contributed by atoms with Crippen molar-refractivity contribution in [1.82, 2.24) is 14.9 Å². The summed E-state index contributed by atoms with van der Waals surface area (Å²) in [6, 6.07) is 2.26. The summed E-state index contributed by atoms with van der Waals surface area (Å²) in [6.45, 7) is 5.32. The Morgan fingerprint density at radius 2 is 1.89 bits per heavy atom. The number of anilines is 1. The van der Waals surface area contributed by atoms with Crippen LogP contribution in [0.1, 0.15) is 24.2 Å². The second-order valence-electron chi connectivity index (χ2n) is 4.85. The van der Waals surface area contributed by atoms with Gasteiger partial charge < -0.3 is 15.0 Å². The first-order valence-electron chi connectivity index (χ1n) is 6.50. The Morgan fingerprint density at radius 1 is 1.32 bits per heavy atom. The normalized spacial score (nSPS) is 16.3. The van der Waals surface area contributed by atoms with Gasteiger partial charge in [0.1, 0.15) is 0 Å². The van der Waals surface area contributed by atoms with E-state index in [2.05, 4.69) is 15.3 Å². The Morgan fingerprint density at radius 3 is 2.42 bits per heavy atom. The molecule has 1 N–H and O–H groups in total. The van der Waals surface area contributed by atoms with Gasteiger partial charge in [-0.3, -0.25) is 0 Å². The zero-order valence-corrected chi connectivity index (χ0v) is 11.6. The summed E-state index contributed by atoms with van der Waals surface area (Å²) in [5, 5.41) is 3.34. The molecule has 0 radical (unpaired) electrons. The predicted molar refractivity (Wildman–Crippen MR) is 72.1 cm³/mol. The lowest BCUT2D eigenvalue weighted by atomic mass is 10.1. The van der Waals surface area contributed by atoms with Crippen LogP contribution >= 0.6 is 0 Å². The summed E-state index contributed by atoms with van der Waals surface area (Å²) in [5.74, 6) is 0.675. The van der Waals surface area contributed by atoms with Gasteiger partial charge in [-0.2, -0.15) is 0 Å². The summed E-state index contributed by atoms with van der Waals surface area (Å²) in [6.07, 6.45) is 1.51. The van der Waals surface area contributed by atoms with Gasteiger partial charge in [-0.1, -0.05) is 0 Å². The number of amides is 1. The van der Waals surface area contributed by atoms with Crippen molar-refractivity contribution in [2.24, 2.45) is 0 Å². The van der Waals surface area contributed by atoms with Crippen LogP contribution in [0.4, 0.5) is 10.7 Å². The van der Waals surface area contributed by atoms with Crippen LogP contribution in [0.3, 0.4) is 0 Å². The number of nitrogens with one attached hydrogen (secondary N) is 1. The van der Waals surface area contributed by atoms with Crippen molar-refractivity contribution in [2.45, 2.75) is 32.7 Å². The van der Waals surface area contributed by atoms with Crippen LogP contribution in [0.25, 0.3) is 0 Å². The molecular weight excluding hydrogens is 244 g/mol. The van der Waals surface area contributed by atoms with Crippen molar-refractivity contribution in [2.75, 3.05) is 25.5 Å². The monoisotopic (exact) mass is 264 g/mol. The molecule has 104 valence electrons. The van der Waals surface area contributed by atoms with E-state index in [1.54, 1.807) is 4.90 Å². The molecule has 1 aliphatic rings. The molecule has 0 bridgehead atoms. The van der Waals surface area contributed by atoms with Crippen molar-refractivity contribution in [3.8, 4) is 0 Å². The number of rotatable bonds is 2. The lowest BCUT2D eigenvalue weighted by Gasteiger charge is -2.31. The van der Waals surface area contributed by atoms with Gasteiger partial charge in [0.05, 0.1) is 7.11 Å². The molecule has 2 heterocycles. The zero-order valence-electron chi connectivity index (χ0n) is 11.6. The second-order valence-corrected chi connectivity index (χ2v) is 4.85. The molecule has 1 amide bonds. The lowest BCUT2D eigenvalue weighted by molar-refractivity contribution is 0.113. The Kier molecular flexibility index (Phi) is 4.19. The average molecular weight is 264 g/mol. The minimum atomic E-state index is -0.249. The molecule has 6 heteroatoms. The minimum absolute atomic E-state index is 0.249. The Balaban J connectivity index is 1.90. The van der Waals surface area contributed by atoms with Crippen molar-refractivity contribution >= 4 is 12.0 Å². The standard InChI is InChI=1S/C13H20N4O2/c1-9-8-10(2)15-12(14-9)16-11-4-6-17(7-5-11)13(18)19-3/h8,11H,4-7H2,1-3H3,(H,14,15,16). The number of nitrogens with zero attached hydrogens (tertiary/aromatic N) is 3. The number of piperidine rings is 1. The summed E-state index contributed by atoms with van der Waals surface area (Å²) < 4.78 is 4.72. The first-order chi connectivity index (χ1) is 9.08. The second kappa shape index (κ2) is 5.86. The number of hydrogen-bond acceptors (Lipinski definition) is 5. The van der Waals surface area contributed by atoms with Crippen LogP contribution in [0.2, 0.25) is 0 Å². The van der Waals surface area contributed by atoms with Gasteiger partial charge in [0.15, 0.2) is 0 Å². The van der Waals surface area contributed by atoms with Crippen molar-refractivity contribution < 1.29 is 9.53 Å². The van der Waals surface area contributed by atoms with E-state index in [-0.39, 0.29) is 6.09 Å². The molecule has 6 nitrogen and oxygen atoms in total. The number of carbonyl (C=O) groups is 1. The Bertz CT molecular complexity index is 436. The maximum absolute atomic E-state index is 11.4. The zero-order chi connectivity index (χ0) is 13.8. The Labute approximate surface area is 113 Å². The van der Waals surface area contributed by atoms with Crippen LogP contribution in [0, 0.1) is 13.8 Å². The van der Waals surface area contributed by atoms with Crippen molar-refractivity contribution in [3.05, 3.63) is 17.5 Å². The number of carbonyl (C=O) groups excluding carboxylic acids is 1. The van der Waals surface area contributed by atoms with E-state index < -0.39 is 0 Å². The van der Waals surface area contributed by atoms with Gasteiger partial charge in [-0.25, -0.2) is 14.8 Å². The predicted octanol–water partition coefficient (Wildman–Crippen LogP) is 1.74. The van der Waals surface area contributed by atoms with Gasteiger partial charge in [0, 0.05) is 30.5 Å². The highest BCUT2D eigenvalue weighted by Crippen LogP contribution is 2.15. The lowest BCUT2D eigenvalue weighted by Crippen LogP contribution is -2.42. The number of ether oxygens (including phenoxy) is 1. The highest BCUT2D eigenvalue weighted by Gasteiger charge is 2.23. The first-order valence-corrected chi connectivity index (χ1v) is 6.50. The fourth-order valence-corrected chi connectivity index (χ4v) is 2.31. The first kappa shape index (κ1) is 13.6. The molecule has 0 atom stereocenters. The third-order valence-electron chi connectivity index (χ3n) is 3.24. The van der Waals surface area contributed by atoms with Gasteiger partial charge in [-0.05, 0) is 32.8 Å². The quantitative estimate of drug-likeness (QED) is 0.881. The van der Waals surface area contributed by atoms with Crippen LogP contribution < -0.4 is 5.32 Å². The maximum atomic E-state index is 11.4. The van der Waals surface area contributed by atoms with E-state index in [1.165, 1.54) is 7.11 Å². The van der Waals surface area contributed by atoms with E-state index in [0.29, 0.717) is 25.1 Å². The minimum Gasteiger partial charge on any atom is -0.453 e. The molecule has 1 saturated heterocycles. The number of methoxy groups -OCH3 is 1. The van der Waals surface area contributed by atoms with E-state index in [1.807, 2.05) is 19.9 Å². The van der Waals surface area contributed by atoms with E-state index in [9.17, 15) is 4.79 Å². The highest BCUT2D eigenvalue weighted by atomic mass is 16.5. The van der Waals surface area contributed by atoms with Crippen LogP contribution in [-0.2, 0) is 4.74 Å². The summed E-state index contributed by atoms with van der Waals surface area (Å²) in [7, 11) is 1.41. The molecule has 1 aromatic rings.